The number of likely N-dealkylation sites (tertiary alicyclic amines) is 1. The number of esters is 1. The molecule has 0 bridgehead atoms. The Labute approximate surface area is 274 Å². The highest BCUT2D eigenvalue weighted by molar-refractivity contribution is 6.00. The Morgan fingerprint density at radius 1 is 0.936 bits per heavy atom. The van der Waals surface area contributed by atoms with Gasteiger partial charge in [-0.15, -0.1) is 0 Å². The van der Waals surface area contributed by atoms with E-state index in [2.05, 4.69) is 5.32 Å². The molecule has 47 heavy (non-hydrogen) atoms. The minimum atomic E-state index is -0.767. The summed E-state index contributed by atoms with van der Waals surface area (Å²) in [4.78, 5) is 41.6. The molecule has 10 heteroatoms. The number of aromatic hydroxyl groups is 1. The summed E-state index contributed by atoms with van der Waals surface area (Å²) in [5, 5.41) is 14.2. The monoisotopic (exact) mass is 640 g/mol. The van der Waals surface area contributed by atoms with E-state index in [1.165, 1.54) is 36.3 Å². The van der Waals surface area contributed by atoms with Crippen LogP contribution in [0.3, 0.4) is 0 Å². The second kappa shape index (κ2) is 14.5. The molecule has 0 unspecified atom stereocenters. The third-order valence-corrected chi connectivity index (χ3v) is 7.76. The maximum absolute atomic E-state index is 13.8. The summed E-state index contributed by atoms with van der Waals surface area (Å²) in [5.74, 6) is -0.0787. The lowest BCUT2D eigenvalue weighted by molar-refractivity contribution is 0.0125. The van der Waals surface area contributed by atoms with Crippen molar-refractivity contribution in [2.75, 3.05) is 20.2 Å². The van der Waals surface area contributed by atoms with E-state index in [4.69, 9.17) is 18.9 Å². The zero-order valence-corrected chi connectivity index (χ0v) is 27.0. The molecule has 246 valence electrons. The van der Waals surface area contributed by atoms with Crippen LogP contribution in [0.4, 0.5) is 4.79 Å². The van der Waals surface area contributed by atoms with E-state index < -0.39 is 35.7 Å². The Morgan fingerprint density at radius 2 is 1.68 bits per heavy atom. The molecule has 0 saturated carbocycles. The van der Waals surface area contributed by atoms with Crippen LogP contribution in [0.1, 0.15) is 59.9 Å². The van der Waals surface area contributed by atoms with E-state index in [-0.39, 0.29) is 17.9 Å². The molecule has 1 saturated heterocycles. The number of amides is 2. The van der Waals surface area contributed by atoms with Gasteiger partial charge >= 0.3 is 12.1 Å². The summed E-state index contributed by atoms with van der Waals surface area (Å²) >= 11 is 0. The molecule has 0 aliphatic carbocycles. The summed E-state index contributed by atoms with van der Waals surface area (Å²) in [5.41, 5.74) is 0.843. The molecular formula is C37H40N2O8. The Balaban J connectivity index is 1.39. The van der Waals surface area contributed by atoms with Gasteiger partial charge in [0.25, 0.3) is 5.91 Å². The van der Waals surface area contributed by atoms with Gasteiger partial charge in [0.1, 0.15) is 41.1 Å². The van der Waals surface area contributed by atoms with Crippen LogP contribution in [0.2, 0.25) is 0 Å². The van der Waals surface area contributed by atoms with Gasteiger partial charge < -0.3 is 34.3 Å². The second-order valence-corrected chi connectivity index (χ2v) is 12.4. The van der Waals surface area contributed by atoms with Crippen LogP contribution in [0.15, 0.2) is 84.9 Å². The number of hydrogen-bond acceptors (Lipinski definition) is 8. The number of benzene rings is 4. The molecule has 2 atom stereocenters. The number of phenolic OH excluding ortho intramolecular Hbond substituents is 1. The molecular weight excluding hydrogens is 600 g/mol. The summed E-state index contributed by atoms with van der Waals surface area (Å²) in [6, 6.07) is 24.0. The maximum Gasteiger partial charge on any atom is 0.410 e. The second-order valence-electron chi connectivity index (χ2n) is 12.4. The minimum absolute atomic E-state index is 0.0260. The Morgan fingerprint density at radius 3 is 2.38 bits per heavy atom. The average Bonchev–Trinajstić information content (AvgIpc) is 3.25. The van der Waals surface area contributed by atoms with Crippen LogP contribution in [-0.4, -0.2) is 65.9 Å². The number of carbonyl (C=O) groups excluding carboxylic acids is 3. The van der Waals surface area contributed by atoms with E-state index in [0.717, 1.165) is 16.3 Å². The van der Waals surface area contributed by atoms with Crippen molar-refractivity contribution in [2.24, 2.45) is 0 Å². The van der Waals surface area contributed by atoms with Crippen LogP contribution in [0.5, 0.6) is 17.2 Å². The fraction of sp³-hybridized carbons (Fsp3) is 0.324. The van der Waals surface area contributed by atoms with Crippen molar-refractivity contribution < 1.29 is 38.4 Å². The minimum Gasteiger partial charge on any atom is -0.508 e. The number of nitrogens with one attached hydrogen (secondary N) is 1. The van der Waals surface area contributed by atoms with Crippen LogP contribution in [0, 0.1) is 0 Å². The van der Waals surface area contributed by atoms with Crippen molar-refractivity contribution in [3.8, 4) is 17.2 Å². The van der Waals surface area contributed by atoms with Crippen LogP contribution in [0.25, 0.3) is 10.8 Å². The number of nitrogens with zero attached hydrogens (tertiary/aromatic N) is 1. The number of carbonyl (C=O) groups is 3. The topological polar surface area (TPSA) is 124 Å². The first-order chi connectivity index (χ1) is 22.5. The number of rotatable bonds is 8. The van der Waals surface area contributed by atoms with Gasteiger partial charge in [0, 0.05) is 24.0 Å². The molecule has 10 nitrogen and oxygen atoms in total. The van der Waals surface area contributed by atoms with Crippen molar-refractivity contribution in [3.05, 3.63) is 102 Å². The normalized spacial score (nSPS) is 16.6. The number of ether oxygens (including phenoxy) is 4. The van der Waals surface area contributed by atoms with E-state index in [1.54, 1.807) is 32.9 Å². The smallest absolute Gasteiger partial charge is 0.410 e. The first kappa shape index (κ1) is 33.1. The van der Waals surface area contributed by atoms with Crippen LogP contribution >= 0.6 is 0 Å². The molecule has 4 aromatic rings. The SMILES string of the molecule is COc1cc2c(OCc3ccccc3)cccc2cc1C(=O)O[C@@H]1CCCN(C(=O)OC(C)(C)C)C[C@H]1NC(=O)c1ccc(O)cc1. The summed E-state index contributed by atoms with van der Waals surface area (Å²) in [6.07, 6.45) is -0.384. The predicted molar refractivity (Wildman–Crippen MR) is 177 cm³/mol. The average molecular weight is 641 g/mol. The first-order valence-electron chi connectivity index (χ1n) is 15.6. The lowest BCUT2D eigenvalue weighted by Gasteiger charge is -2.30. The Kier molecular flexibility index (Phi) is 10.2. The molecule has 0 radical (unpaired) electrons. The highest BCUT2D eigenvalue weighted by atomic mass is 16.6. The molecule has 1 aliphatic rings. The van der Waals surface area contributed by atoms with Crippen LogP contribution < -0.4 is 14.8 Å². The van der Waals surface area contributed by atoms with Crippen molar-refractivity contribution >= 4 is 28.7 Å². The zero-order chi connectivity index (χ0) is 33.6. The largest absolute Gasteiger partial charge is 0.508 e. The highest BCUT2D eigenvalue weighted by Gasteiger charge is 2.35. The molecule has 1 heterocycles. The quantitative estimate of drug-likeness (QED) is 0.210. The molecule has 0 aromatic heterocycles. The third kappa shape index (κ3) is 8.52. The highest BCUT2D eigenvalue weighted by Crippen LogP contribution is 2.34. The Bertz CT molecular complexity index is 1720. The van der Waals surface area contributed by atoms with E-state index >= 15 is 0 Å². The number of phenols is 1. The molecule has 5 rings (SSSR count). The van der Waals surface area contributed by atoms with Crippen molar-refractivity contribution in [1.82, 2.24) is 10.2 Å². The lowest BCUT2D eigenvalue weighted by Crippen LogP contribution is -2.51. The van der Waals surface area contributed by atoms with Gasteiger partial charge in [0.15, 0.2) is 0 Å². The summed E-state index contributed by atoms with van der Waals surface area (Å²) in [6.45, 7) is 6.16. The van der Waals surface area contributed by atoms with Crippen molar-refractivity contribution in [1.29, 1.82) is 0 Å². The van der Waals surface area contributed by atoms with Gasteiger partial charge in [-0.05, 0) is 87.0 Å². The molecule has 2 amide bonds. The molecule has 4 aromatic carbocycles. The van der Waals surface area contributed by atoms with E-state index in [1.807, 2.05) is 48.5 Å². The first-order valence-corrected chi connectivity index (χ1v) is 15.6. The van der Waals surface area contributed by atoms with Gasteiger partial charge in [0.2, 0.25) is 0 Å². The van der Waals surface area contributed by atoms with E-state index in [9.17, 15) is 19.5 Å². The number of methoxy groups -OCH3 is 1. The maximum atomic E-state index is 13.8. The fourth-order valence-corrected chi connectivity index (χ4v) is 5.43. The van der Waals surface area contributed by atoms with Gasteiger partial charge in [-0.3, -0.25) is 4.79 Å². The standard InChI is InChI=1S/C37H40N2O8/c1-37(2,3)47-36(43)39-19-9-14-32(30(22-39)38-34(41)25-15-17-27(40)18-16-25)46-35(42)29-20-26-12-8-13-31(28(26)21-33(29)44-4)45-23-24-10-6-5-7-11-24/h5-8,10-13,15-18,20-21,30,32,40H,9,14,19,22-23H2,1-4H3,(H,38,41)/t30-,32-/m1/s1. The molecule has 0 spiro atoms. The summed E-state index contributed by atoms with van der Waals surface area (Å²) < 4.78 is 23.5. The number of fused-ring (bicyclic) bond motifs is 1. The van der Waals surface area contributed by atoms with E-state index in [0.29, 0.717) is 43.1 Å². The summed E-state index contributed by atoms with van der Waals surface area (Å²) in [7, 11) is 1.48. The lowest BCUT2D eigenvalue weighted by atomic mass is 10.0. The third-order valence-electron chi connectivity index (χ3n) is 7.76. The fourth-order valence-electron chi connectivity index (χ4n) is 5.43. The molecule has 1 aliphatic heterocycles. The van der Waals surface area contributed by atoms with Gasteiger partial charge in [-0.1, -0.05) is 42.5 Å². The Hall–Kier alpha value is -5.25. The van der Waals surface area contributed by atoms with Gasteiger partial charge in [0.05, 0.1) is 13.2 Å². The van der Waals surface area contributed by atoms with Gasteiger partial charge in [-0.25, -0.2) is 9.59 Å². The predicted octanol–water partition coefficient (Wildman–Crippen LogP) is 6.49. The van der Waals surface area contributed by atoms with Crippen LogP contribution in [-0.2, 0) is 16.1 Å². The number of hydrogen-bond donors (Lipinski definition) is 2. The van der Waals surface area contributed by atoms with Crippen molar-refractivity contribution in [3.63, 3.8) is 0 Å². The zero-order valence-electron chi connectivity index (χ0n) is 27.0. The van der Waals surface area contributed by atoms with Crippen molar-refractivity contribution in [2.45, 2.75) is 58.0 Å². The molecule has 2 N–H and O–H groups in total. The molecule has 1 fully saturated rings. The van der Waals surface area contributed by atoms with Gasteiger partial charge in [-0.2, -0.15) is 0 Å².